The summed E-state index contributed by atoms with van der Waals surface area (Å²) >= 11 is 5.82. The molecule has 3 rings (SSSR count). The fourth-order valence-electron chi connectivity index (χ4n) is 2.25. The fourth-order valence-corrected chi connectivity index (χ4v) is 2.33. The van der Waals surface area contributed by atoms with Crippen molar-refractivity contribution < 1.29 is 4.74 Å². The molecule has 1 N–H and O–H groups in total. The van der Waals surface area contributed by atoms with Crippen molar-refractivity contribution >= 4 is 23.2 Å². The zero-order valence-corrected chi connectivity index (χ0v) is 12.8. The van der Waals surface area contributed by atoms with Crippen molar-refractivity contribution in [1.29, 1.82) is 0 Å². The minimum absolute atomic E-state index is 0.0130. The van der Waals surface area contributed by atoms with Gasteiger partial charge in [-0.25, -0.2) is 9.67 Å². The molecule has 2 aromatic heterocycles. The summed E-state index contributed by atoms with van der Waals surface area (Å²) in [5, 5.41) is 15.7. The molecule has 1 unspecified atom stereocenters. The number of aromatic nitrogens is 5. The number of nitrogens with zero attached hydrogens (tertiary/aromatic N) is 5. The van der Waals surface area contributed by atoms with Gasteiger partial charge in [0.2, 0.25) is 5.95 Å². The third-order valence-corrected chi connectivity index (χ3v) is 3.77. The molecule has 2 aromatic rings. The van der Waals surface area contributed by atoms with Gasteiger partial charge in [-0.3, -0.25) is 0 Å². The largest absolute Gasteiger partial charge is 0.357 e. The molecule has 0 aliphatic carbocycles. The second-order valence-corrected chi connectivity index (χ2v) is 5.42. The van der Waals surface area contributed by atoms with Crippen LogP contribution in [-0.2, 0) is 4.74 Å². The van der Waals surface area contributed by atoms with Crippen LogP contribution < -0.4 is 5.32 Å². The van der Waals surface area contributed by atoms with Gasteiger partial charge in [0.1, 0.15) is 6.23 Å². The Morgan fingerprint density at radius 1 is 1.29 bits per heavy atom. The van der Waals surface area contributed by atoms with Crippen LogP contribution in [0.15, 0.2) is 6.20 Å². The normalized spacial score (nSPS) is 18.7. The Hall–Kier alpha value is -1.73. The lowest BCUT2D eigenvalue weighted by atomic mass is 10.2. The lowest BCUT2D eigenvalue weighted by Gasteiger charge is -2.22. The molecule has 0 bridgehead atoms. The quantitative estimate of drug-likeness (QED) is 0.939. The number of hydrogen-bond acceptors (Lipinski definition) is 6. The second-order valence-electron chi connectivity index (χ2n) is 5.07. The Morgan fingerprint density at radius 2 is 2.14 bits per heavy atom. The molecular formula is C13H17ClN6O. The van der Waals surface area contributed by atoms with E-state index in [-0.39, 0.29) is 6.23 Å². The average molecular weight is 309 g/mol. The smallest absolute Gasteiger partial charge is 0.247 e. The summed E-state index contributed by atoms with van der Waals surface area (Å²) in [6.07, 6.45) is 5.19. The molecule has 8 heteroatoms. The van der Waals surface area contributed by atoms with Crippen molar-refractivity contribution in [2.45, 2.75) is 39.3 Å². The minimum atomic E-state index is 0.0130. The maximum Gasteiger partial charge on any atom is 0.247 e. The predicted molar refractivity (Wildman–Crippen MR) is 78.7 cm³/mol. The van der Waals surface area contributed by atoms with Crippen molar-refractivity contribution in [3.8, 4) is 0 Å². The van der Waals surface area contributed by atoms with Gasteiger partial charge in [-0.15, -0.1) is 10.2 Å². The Labute approximate surface area is 127 Å². The highest BCUT2D eigenvalue weighted by Crippen LogP contribution is 2.25. The first-order valence-electron chi connectivity index (χ1n) is 6.94. The minimum Gasteiger partial charge on any atom is -0.357 e. The van der Waals surface area contributed by atoms with Crippen LogP contribution in [0, 0.1) is 13.8 Å². The van der Waals surface area contributed by atoms with Gasteiger partial charge in [0.05, 0.1) is 23.3 Å². The monoisotopic (exact) mass is 308 g/mol. The molecular weight excluding hydrogens is 292 g/mol. The van der Waals surface area contributed by atoms with Crippen molar-refractivity contribution in [2.24, 2.45) is 0 Å². The molecule has 1 atom stereocenters. The predicted octanol–water partition coefficient (Wildman–Crippen LogP) is 2.78. The van der Waals surface area contributed by atoms with E-state index in [1.165, 1.54) is 0 Å². The van der Waals surface area contributed by atoms with Gasteiger partial charge >= 0.3 is 0 Å². The fraction of sp³-hybridized carbons (Fsp3) is 0.538. The van der Waals surface area contributed by atoms with Crippen molar-refractivity contribution in [3.05, 3.63) is 22.7 Å². The summed E-state index contributed by atoms with van der Waals surface area (Å²) in [6, 6.07) is 0. The van der Waals surface area contributed by atoms with E-state index in [0.29, 0.717) is 16.8 Å². The van der Waals surface area contributed by atoms with Crippen LogP contribution in [-0.4, -0.2) is 31.6 Å². The van der Waals surface area contributed by atoms with E-state index in [0.717, 1.165) is 37.3 Å². The molecule has 0 spiro atoms. The van der Waals surface area contributed by atoms with Crippen LogP contribution in [0.2, 0.25) is 5.15 Å². The van der Waals surface area contributed by atoms with E-state index in [2.05, 4.69) is 25.6 Å². The van der Waals surface area contributed by atoms with Gasteiger partial charge in [-0.05, 0) is 33.1 Å². The zero-order valence-electron chi connectivity index (χ0n) is 12.0. The number of nitrogens with one attached hydrogen (secondary N) is 1. The van der Waals surface area contributed by atoms with E-state index >= 15 is 0 Å². The number of aryl methyl sites for hydroxylation is 2. The van der Waals surface area contributed by atoms with Gasteiger partial charge in [-0.2, -0.15) is 5.10 Å². The first-order chi connectivity index (χ1) is 10.1. The molecule has 1 saturated heterocycles. The molecule has 3 heterocycles. The number of hydrogen-bond donors (Lipinski definition) is 1. The van der Waals surface area contributed by atoms with Crippen LogP contribution in [0.1, 0.15) is 36.9 Å². The molecule has 1 fully saturated rings. The van der Waals surface area contributed by atoms with Gasteiger partial charge in [0.25, 0.3) is 0 Å². The first kappa shape index (κ1) is 14.2. The third kappa shape index (κ3) is 3.14. The van der Waals surface area contributed by atoms with Crippen molar-refractivity contribution in [3.63, 3.8) is 0 Å². The topological polar surface area (TPSA) is 77.8 Å². The standard InChI is InChI=1S/C13H17ClN6O/c1-8-10(16-13-15-9(2)12(14)17-18-13)7-20(19-8)11-5-3-4-6-21-11/h7,11H,3-6H2,1-2H3,(H,15,16,18). The lowest BCUT2D eigenvalue weighted by molar-refractivity contribution is -0.0395. The molecule has 112 valence electrons. The van der Waals surface area contributed by atoms with Gasteiger partial charge in [-0.1, -0.05) is 11.6 Å². The van der Waals surface area contributed by atoms with Crippen LogP contribution in [0.5, 0.6) is 0 Å². The zero-order chi connectivity index (χ0) is 14.8. The van der Waals surface area contributed by atoms with Crippen LogP contribution in [0.25, 0.3) is 0 Å². The number of anilines is 2. The highest BCUT2D eigenvalue weighted by molar-refractivity contribution is 6.29. The molecule has 7 nitrogen and oxygen atoms in total. The Bertz CT molecular complexity index is 638. The number of halogens is 1. The SMILES string of the molecule is Cc1nn(C2CCCCO2)cc1Nc1nnc(Cl)c(C)n1. The summed E-state index contributed by atoms with van der Waals surface area (Å²) in [6.45, 7) is 4.50. The van der Waals surface area contributed by atoms with Crippen LogP contribution >= 0.6 is 11.6 Å². The average Bonchev–Trinajstić information content (AvgIpc) is 2.85. The molecule has 0 aromatic carbocycles. The molecule has 1 aliphatic heterocycles. The van der Waals surface area contributed by atoms with E-state index in [1.807, 2.05) is 17.8 Å². The second kappa shape index (κ2) is 5.95. The molecule has 0 amide bonds. The number of ether oxygens (including phenoxy) is 1. The van der Waals surface area contributed by atoms with Gasteiger partial charge in [0, 0.05) is 6.61 Å². The lowest BCUT2D eigenvalue weighted by Crippen LogP contribution is -2.18. The summed E-state index contributed by atoms with van der Waals surface area (Å²) in [4.78, 5) is 4.25. The van der Waals surface area contributed by atoms with Crippen LogP contribution in [0.3, 0.4) is 0 Å². The van der Waals surface area contributed by atoms with Crippen LogP contribution in [0.4, 0.5) is 11.6 Å². The maximum absolute atomic E-state index is 5.82. The van der Waals surface area contributed by atoms with Gasteiger partial charge in [0.15, 0.2) is 5.15 Å². The summed E-state index contributed by atoms with van der Waals surface area (Å²) in [5.74, 6) is 0.407. The van der Waals surface area contributed by atoms with E-state index in [9.17, 15) is 0 Å². The van der Waals surface area contributed by atoms with E-state index < -0.39 is 0 Å². The summed E-state index contributed by atoms with van der Waals surface area (Å²) < 4.78 is 7.58. The van der Waals surface area contributed by atoms with E-state index in [4.69, 9.17) is 16.3 Å². The highest BCUT2D eigenvalue weighted by Gasteiger charge is 2.18. The molecule has 0 saturated carbocycles. The Morgan fingerprint density at radius 3 is 2.86 bits per heavy atom. The first-order valence-corrected chi connectivity index (χ1v) is 7.32. The molecule has 21 heavy (non-hydrogen) atoms. The molecule has 0 radical (unpaired) electrons. The Kier molecular flexibility index (Phi) is 4.03. The van der Waals surface area contributed by atoms with Crippen molar-refractivity contribution in [2.75, 3.05) is 11.9 Å². The summed E-state index contributed by atoms with van der Waals surface area (Å²) in [5.41, 5.74) is 2.34. The Balaban J connectivity index is 1.79. The van der Waals surface area contributed by atoms with Gasteiger partial charge < -0.3 is 10.1 Å². The molecule has 1 aliphatic rings. The maximum atomic E-state index is 5.82. The summed E-state index contributed by atoms with van der Waals surface area (Å²) in [7, 11) is 0. The highest BCUT2D eigenvalue weighted by atomic mass is 35.5. The third-order valence-electron chi connectivity index (χ3n) is 3.42. The van der Waals surface area contributed by atoms with E-state index in [1.54, 1.807) is 6.92 Å². The number of rotatable bonds is 3. The van der Waals surface area contributed by atoms with Crippen molar-refractivity contribution in [1.82, 2.24) is 25.0 Å².